The molecule has 1 aliphatic heterocycles. The second-order valence-electron chi connectivity index (χ2n) is 7.24. The van der Waals surface area contributed by atoms with E-state index in [2.05, 4.69) is 48.1 Å². The molecule has 1 fully saturated rings. The van der Waals surface area contributed by atoms with Gasteiger partial charge in [-0.2, -0.15) is 0 Å². The van der Waals surface area contributed by atoms with Crippen LogP contribution in [-0.2, 0) is 6.42 Å². The zero-order chi connectivity index (χ0) is 14.2. The second kappa shape index (κ2) is 5.45. The molecule has 1 unspecified atom stereocenters. The van der Waals surface area contributed by atoms with Gasteiger partial charge in [-0.15, -0.1) is 0 Å². The summed E-state index contributed by atoms with van der Waals surface area (Å²) in [4.78, 5) is 7.19. The average molecular weight is 273 g/mol. The van der Waals surface area contributed by atoms with E-state index in [1.54, 1.807) is 0 Å². The number of nitrogens with zero attached hydrogens (tertiary/aromatic N) is 2. The Kier molecular flexibility index (Phi) is 3.83. The van der Waals surface area contributed by atoms with E-state index in [1.165, 1.54) is 50.0 Å². The number of aryl methyl sites for hydroxylation is 1. The van der Waals surface area contributed by atoms with Gasteiger partial charge in [0.15, 0.2) is 0 Å². The summed E-state index contributed by atoms with van der Waals surface area (Å²) in [6.45, 7) is 9.37. The van der Waals surface area contributed by atoms with Gasteiger partial charge in [-0.05, 0) is 58.1 Å². The molecule has 3 nitrogen and oxygen atoms in total. The Morgan fingerprint density at radius 3 is 2.65 bits per heavy atom. The van der Waals surface area contributed by atoms with Crippen molar-refractivity contribution in [2.75, 3.05) is 13.1 Å². The number of rotatable bonds is 2. The zero-order valence-electron chi connectivity index (χ0n) is 13.0. The maximum absolute atomic E-state index is 4.59. The Balaban J connectivity index is 1.56. The Labute approximate surface area is 122 Å². The number of nitrogens with one attached hydrogen (secondary N) is 1. The molecule has 0 saturated carbocycles. The Morgan fingerprint density at radius 2 is 1.95 bits per heavy atom. The normalized spacial score (nSPS) is 24.9. The van der Waals surface area contributed by atoms with Crippen LogP contribution in [0, 0.1) is 0 Å². The van der Waals surface area contributed by atoms with Gasteiger partial charge in [-0.1, -0.05) is 6.07 Å². The van der Waals surface area contributed by atoms with Crippen molar-refractivity contribution in [3.8, 4) is 0 Å². The predicted octanol–water partition coefficient (Wildman–Crippen LogP) is 2.92. The molecule has 20 heavy (non-hydrogen) atoms. The largest absolute Gasteiger partial charge is 0.306 e. The maximum Gasteiger partial charge on any atom is 0.0605 e. The summed E-state index contributed by atoms with van der Waals surface area (Å²) in [5.41, 5.74) is 3.05. The molecule has 0 aromatic carbocycles. The molecule has 110 valence electrons. The Morgan fingerprint density at radius 1 is 1.20 bits per heavy atom. The molecule has 1 aromatic rings. The number of aromatic nitrogens is 1. The summed E-state index contributed by atoms with van der Waals surface area (Å²) in [6.07, 6.45) is 6.85. The molecular weight excluding hydrogens is 246 g/mol. The van der Waals surface area contributed by atoms with Crippen LogP contribution in [0.25, 0.3) is 0 Å². The van der Waals surface area contributed by atoms with Crippen LogP contribution in [0.5, 0.6) is 0 Å². The number of hydrogen-bond donors (Lipinski definition) is 1. The third kappa shape index (κ3) is 2.89. The molecule has 1 atom stereocenters. The van der Waals surface area contributed by atoms with Crippen LogP contribution in [0.15, 0.2) is 18.3 Å². The minimum atomic E-state index is 0.312. The lowest BCUT2D eigenvalue weighted by atomic mass is 9.97. The molecule has 3 rings (SSSR count). The van der Waals surface area contributed by atoms with E-state index in [0.717, 1.165) is 0 Å². The number of piperidine rings is 1. The standard InChI is InChI=1S/C17H27N3/c1-17(2,3)20-11-8-14(9-12-20)19-15-7-6-13-5-4-10-18-16(13)15/h4-5,10,14-15,19H,6-9,11-12H2,1-3H3. The first-order valence-electron chi connectivity index (χ1n) is 7.99. The average Bonchev–Trinajstić information content (AvgIpc) is 2.82. The van der Waals surface area contributed by atoms with Crippen LogP contribution in [0.4, 0.5) is 0 Å². The van der Waals surface area contributed by atoms with E-state index >= 15 is 0 Å². The molecule has 1 N–H and O–H groups in total. The highest BCUT2D eigenvalue weighted by molar-refractivity contribution is 5.28. The maximum atomic E-state index is 4.59. The molecular formula is C17H27N3. The SMILES string of the molecule is CC(C)(C)N1CCC(NC2CCc3cccnc32)CC1. The van der Waals surface area contributed by atoms with Gasteiger partial charge in [-0.3, -0.25) is 9.88 Å². The molecule has 0 spiro atoms. The number of hydrogen-bond acceptors (Lipinski definition) is 3. The van der Waals surface area contributed by atoms with Gasteiger partial charge in [0.2, 0.25) is 0 Å². The number of pyridine rings is 1. The topological polar surface area (TPSA) is 28.2 Å². The van der Waals surface area contributed by atoms with E-state index in [0.29, 0.717) is 17.6 Å². The summed E-state index contributed by atoms with van der Waals surface area (Å²) < 4.78 is 0. The first-order chi connectivity index (χ1) is 9.54. The monoisotopic (exact) mass is 273 g/mol. The van der Waals surface area contributed by atoms with Crippen LogP contribution in [0.3, 0.4) is 0 Å². The fraction of sp³-hybridized carbons (Fsp3) is 0.706. The van der Waals surface area contributed by atoms with Crippen molar-refractivity contribution in [3.63, 3.8) is 0 Å². The lowest BCUT2D eigenvalue weighted by molar-refractivity contribution is 0.0936. The van der Waals surface area contributed by atoms with E-state index in [4.69, 9.17) is 0 Å². The van der Waals surface area contributed by atoms with E-state index < -0.39 is 0 Å². The van der Waals surface area contributed by atoms with Gasteiger partial charge in [0.05, 0.1) is 11.7 Å². The Bertz CT molecular complexity index is 456. The molecule has 0 bridgehead atoms. The molecule has 1 aromatic heterocycles. The molecule has 3 heteroatoms. The van der Waals surface area contributed by atoms with E-state index in [9.17, 15) is 0 Å². The minimum absolute atomic E-state index is 0.312. The van der Waals surface area contributed by atoms with Crippen molar-refractivity contribution >= 4 is 0 Å². The minimum Gasteiger partial charge on any atom is -0.306 e. The quantitative estimate of drug-likeness (QED) is 0.898. The second-order valence-corrected chi connectivity index (χ2v) is 7.24. The van der Waals surface area contributed by atoms with Crippen LogP contribution >= 0.6 is 0 Å². The van der Waals surface area contributed by atoms with E-state index in [1.807, 2.05) is 6.20 Å². The van der Waals surface area contributed by atoms with Crippen molar-refractivity contribution in [2.24, 2.45) is 0 Å². The summed E-state index contributed by atoms with van der Waals surface area (Å²) in [6, 6.07) is 5.43. The van der Waals surface area contributed by atoms with Crippen molar-refractivity contribution < 1.29 is 0 Å². The van der Waals surface area contributed by atoms with Crippen molar-refractivity contribution in [1.29, 1.82) is 0 Å². The van der Waals surface area contributed by atoms with Gasteiger partial charge in [0.25, 0.3) is 0 Å². The van der Waals surface area contributed by atoms with Gasteiger partial charge in [0.1, 0.15) is 0 Å². The van der Waals surface area contributed by atoms with Gasteiger partial charge >= 0.3 is 0 Å². The van der Waals surface area contributed by atoms with E-state index in [-0.39, 0.29) is 0 Å². The number of fused-ring (bicyclic) bond motifs is 1. The lowest BCUT2D eigenvalue weighted by Gasteiger charge is -2.41. The van der Waals surface area contributed by atoms with Crippen molar-refractivity contribution in [3.05, 3.63) is 29.6 Å². The highest BCUT2D eigenvalue weighted by Gasteiger charge is 2.30. The highest BCUT2D eigenvalue weighted by atomic mass is 15.2. The molecule has 0 amide bonds. The third-order valence-corrected chi connectivity index (χ3v) is 4.84. The first kappa shape index (κ1) is 14.0. The van der Waals surface area contributed by atoms with Crippen molar-refractivity contribution in [1.82, 2.24) is 15.2 Å². The predicted molar refractivity (Wildman–Crippen MR) is 82.8 cm³/mol. The third-order valence-electron chi connectivity index (χ3n) is 4.84. The first-order valence-corrected chi connectivity index (χ1v) is 7.99. The van der Waals surface area contributed by atoms with Crippen molar-refractivity contribution in [2.45, 2.75) is 64.1 Å². The van der Waals surface area contributed by atoms with Crippen LogP contribution in [-0.4, -0.2) is 34.6 Å². The summed E-state index contributed by atoms with van der Waals surface area (Å²) in [5.74, 6) is 0. The summed E-state index contributed by atoms with van der Waals surface area (Å²) >= 11 is 0. The lowest BCUT2D eigenvalue weighted by Crippen LogP contribution is -2.50. The van der Waals surface area contributed by atoms with Crippen LogP contribution in [0.2, 0.25) is 0 Å². The zero-order valence-corrected chi connectivity index (χ0v) is 13.0. The molecule has 2 heterocycles. The molecule has 1 saturated heterocycles. The fourth-order valence-corrected chi connectivity index (χ4v) is 3.58. The molecule has 2 aliphatic rings. The fourth-order valence-electron chi connectivity index (χ4n) is 3.58. The smallest absolute Gasteiger partial charge is 0.0605 e. The van der Waals surface area contributed by atoms with Gasteiger partial charge in [0, 0.05) is 30.9 Å². The molecule has 0 radical (unpaired) electrons. The summed E-state index contributed by atoms with van der Waals surface area (Å²) in [7, 11) is 0. The van der Waals surface area contributed by atoms with Gasteiger partial charge < -0.3 is 5.32 Å². The van der Waals surface area contributed by atoms with Crippen LogP contribution < -0.4 is 5.32 Å². The van der Waals surface area contributed by atoms with Gasteiger partial charge in [-0.25, -0.2) is 0 Å². The summed E-state index contributed by atoms with van der Waals surface area (Å²) in [5, 5.41) is 3.86. The Hall–Kier alpha value is -0.930. The molecule has 1 aliphatic carbocycles. The number of likely N-dealkylation sites (tertiary alicyclic amines) is 1. The van der Waals surface area contributed by atoms with Crippen LogP contribution in [0.1, 0.15) is 57.3 Å². The highest BCUT2D eigenvalue weighted by Crippen LogP contribution is 2.30.